The average molecular weight is 242 g/mol. The molecule has 2 rings (SSSR count). The molecule has 0 N–H and O–H groups in total. The van der Waals surface area contributed by atoms with Gasteiger partial charge in [0.1, 0.15) is 5.56 Å². The lowest BCUT2D eigenvalue weighted by atomic mass is 10.2. The molecule has 1 aliphatic heterocycles. The van der Waals surface area contributed by atoms with Gasteiger partial charge in [-0.3, -0.25) is 9.59 Å². The molecule has 1 aliphatic rings. The zero-order valence-electron chi connectivity index (χ0n) is 9.32. The van der Waals surface area contributed by atoms with Crippen LogP contribution in [0.4, 0.5) is 8.78 Å². The number of carbonyl (C=O) groups is 1. The van der Waals surface area contributed by atoms with Crippen molar-refractivity contribution in [2.75, 3.05) is 13.1 Å². The van der Waals surface area contributed by atoms with Gasteiger partial charge in [-0.15, -0.1) is 0 Å². The fourth-order valence-corrected chi connectivity index (χ4v) is 1.84. The minimum Gasteiger partial charge on any atom is -0.332 e. The van der Waals surface area contributed by atoms with E-state index < -0.39 is 23.9 Å². The molecule has 1 aromatic heterocycles. The molecule has 92 valence electrons. The topological polar surface area (TPSA) is 42.3 Å². The van der Waals surface area contributed by atoms with Crippen molar-refractivity contribution < 1.29 is 13.6 Å². The van der Waals surface area contributed by atoms with Crippen LogP contribution < -0.4 is 5.56 Å². The van der Waals surface area contributed by atoms with Gasteiger partial charge in [-0.05, 0) is 12.1 Å². The Balaban J connectivity index is 2.27. The van der Waals surface area contributed by atoms with E-state index >= 15 is 0 Å². The van der Waals surface area contributed by atoms with Crippen molar-refractivity contribution in [2.24, 2.45) is 7.05 Å². The molecule has 0 saturated carbocycles. The third-order valence-electron chi connectivity index (χ3n) is 2.81. The van der Waals surface area contributed by atoms with Crippen molar-refractivity contribution in [1.82, 2.24) is 9.47 Å². The van der Waals surface area contributed by atoms with E-state index in [9.17, 15) is 18.4 Å². The van der Waals surface area contributed by atoms with Crippen molar-refractivity contribution in [3.8, 4) is 0 Å². The van der Waals surface area contributed by atoms with E-state index in [1.54, 1.807) is 6.07 Å². The van der Waals surface area contributed by atoms with Gasteiger partial charge in [0.25, 0.3) is 17.4 Å². The van der Waals surface area contributed by atoms with Crippen molar-refractivity contribution in [1.29, 1.82) is 0 Å². The Morgan fingerprint density at radius 1 is 1.47 bits per heavy atom. The first-order valence-electron chi connectivity index (χ1n) is 5.23. The van der Waals surface area contributed by atoms with Crippen LogP contribution in [-0.2, 0) is 7.05 Å². The SMILES string of the molecule is Cn1cccc(C(=O)N2CCC(F)(F)C2)c1=O. The maximum Gasteiger partial charge on any atom is 0.267 e. The maximum absolute atomic E-state index is 13.0. The summed E-state index contributed by atoms with van der Waals surface area (Å²) in [5, 5.41) is 0. The van der Waals surface area contributed by atoms with Gasteiger partial charge in [0.05, 0.1) is 6.54 Å². The number of alkyl halides is 2. The third kappa shape index (κ3) is 2.20. The smallest absolute Gasteiger partial charge is 0.267 e. The van der Waals surface area contributed by atoms with Gasteiger partial charge in [0, 0.05) is 26.2 Å². The maximum atomic E-state index is 13.0. The molecular formula is C11H12F2N2O2. The summed E-state index contributed by atoms with van der Waals surface area (Å²) >= 11 is 0. The zero-order chi connectivity index (χ0) is 12.6. The van der Waals surface area contributed by atoms with E-state index in [2.05, 4.69) is 0 Å². The molecule has 0 spiro atoms. The Morgan fingerprint density at radius 3 is 2.76 bits per heavy atom. The second kappa shape index (κ2) is 3.94. The number of rotatable bonds is 1. The van der Waals surface area contributed by atoms with Crippen LogP contribution in [0.2, 0.25) is 0 Å². The van der Waals surface area contributed by atoms with Gasteiger partial charge < -0.3 is 9.47 Å². The summed E-state index contributed by atoms with van der Waals surface area (Å²) in [6.45, 7) is -0.617. The summed E-state index contributed by atoms with van der Waals surface area (Å²) in [6, 6.07) is 2.91. The molecule has 6 heteroatoms. The second-order valence-corrected chi connectivity index (χ2v) is 4.17. The fourth-order valence-electron chi connectivity index (χ4n) is 1.84. The van der Waals surface area contributed by atoms with Crippen LogP contribution in [0.3, 0.4) is 0 Å². The van der Waals surface area contributed by atoms with Gasteiger partial charge in [-0.2, -0.15) is 0 Å². The molecule has 1 saturated heterocycles. The number of amides is 1. The number of likely N-dealkylation sites (tertiary alicyclic amines) is 1. The van der Waals surface area contributed by atoms with E-state index in [-0.39, 0.29) is 18.5 Å². The Hall–Kier alpha value is -1.72. The van der Waals surface area contributed by atoms with Gasteiger partial charge in [-0.1, -0.05) is 0 Å². The van der Waals surface area contributed by atoms with Gasteiger partial charge in [0.2, 0.25) is 0 Å². The monoisotopic (exact) mass is 242 g/mol. The number of aromatic nitrogens is 1. The number of nitrogens with zero attached hydrogens (tertiary/aromatic N) is 2. The Kier molecular flexibility index (Phi) is 2.73. The molecule has 0 bridgehead atoms. The standard InChI is InChI=1S/C11H12F2N2O2/c1-14-5-2-3-8(9(14)16)10(17)15-6-4-11(12,13)7-15/h2-3,5H,4,6-7H2,1H3. The largest absolute Gasteiger partial charge is 0.332 e. The summed E-state index contributed by atoms with van der Waals surface area (Å²) in [5.41, 5.74) is -0.527. The van der Waals surface area contributed by atoms with Gasteiger partial charge in [0.15, 0.2) is 0 Å². The third-order valence-corrected chi connectivity index (χ3v) is 2.81. The predicted octanol–water partition coefficient (Wildman–Crippen LogP) is 0.866. The van der Waals surface area contributed by atoms with Gasteiger partial charge in [-0.25, -0.2) is 8.78 Å². The number of hydrogen-bond donors (Lipinski definition) is 0. The highest BCUT2D eigenvalue weighted by Gasteiger charge is 2.40. The molecule has 0 radical (unpaired) electrons. The molecule has 4 nitrogen and oxygen atoms in total. The van der Waals surface area contributed by atoms with Crippen molar-refractivity contribution in [3.63, 3.8) is 0 Å². The van der Waals surface area contributed by atoms with Crippen LogP contribution in [0.1, 0.15) is 16.8 Å². The van der Waals surface area contributed by atoms with Crippen LogP contribution in [-0.4, -0.2) is 34.4 Å². The number of carbonyl (C=O) groups excluding carboxylic acids is 1. The first-order valence-corrected chi connectivity index (χ1v) is 5.23. The number of aryl methyl sites for hydroxylation is 1. The van der Waals surface area contributed by atoms with E-state index in [0.29, 0.717) is 0 Å². The Bertz CT molecular complexity index is 510. The Labute approximate surface area is 96.5 Å². The molecular weight excluding hydrogens is 230 g/mol. The molecule has 0 unspecified atom stereocenters. The van der Waals surface area contributed by atoms with Gasteiger partial charge >= 0.3 is 0 Å². The first-order chi connectivity index (χ1) is 7.91. The molecule has 0 aromatic carbocycles. The predicted molar refractivity (Wildman–Crippen MR) is 57.2 cm³/mol. The molecule has 1 aromatic rings. The zero-order valence-corrected chi connectivity index (χ0v) is 9.32. The summed E-state index contributed by atoms with van der Waals surface area (Å²) in [7, 11) is 1.51. The summed E-state index contributed by atoms with van der Waals surface area (Å²) in [4.78, 5) is 24.6. The highest BCUT2D eigenvalue weighted by Crippen LogP contribution is 2.27. The fraction of sp³-hybridized carbons (Fsp3) is 0.455. The van der Waals surface area contributed by atoms with E-state index in [0.717, 1.165) is 4.90 Å². The van der Waals surface area contributed by atoms with Crippen molar-refractivity contribution >= 4 is 5.91 Å². The lowest BCUT2D eigenvalue weighted by molar-refractivity contribution is 0.0120. The highest BCUT2D eigenvalue weighted by atomic mass is 19.3. The number of hydrogen-bond acceptors (Lipinski definition) is 2. The Morgan fingerprint density at radius 2 is 2.18 bits per heavy atom. The first kappa shape index (κ1) is 11.8. The van der Waals surface area contributed by atoms with Crippen molar-refractivity contribution in [3.05, 3.63) is 34.2 Å². The molecule has 1 amide bonds. The second-order valence-electron chi connectivity index (χ2n) is 4.17. The minimum atomic E-state index is -2.84. The van der Waals surface area contributed by atoms with Crippen LogP contribution in [0.25, 0.3) is 0 Å². The van der Waals surface area contributed by atoms with Crippen molar-refractivity contribution in [2.45, 2.75) is 12.3 Å². The van der Waals surface area contributed by atoms with Crippen LogP contribution >= 0.6 is 0 Å². The molecule has 0 atom stereocenters. The van der Waals surface area contributed by atoms with Crippen LogP contribution in [0.15, 0.2) is 23.1 Å². The lowest BCUT2D eigenvalue weighted by Crippen LogP contribution is -2.36. The quantitative estimate of drug-likeness (QED) is 0.733. The molecule has 2 heterocycles. The highest BCUT2D eigenvalue weighted by molar-refractivity contribution is 5.94. The summed E-state index contributed by atoms with van der Waals surface area (Å²) < 4.78 is 27.2. The van der Waals surface area contributed by atoms with Crippen LogP contribution in [0, 0.1) is 0 Å². The molecule has 17 heavy (non-hydrogen) atoms. The summed E-state index contributed by atoms with van der Waals surface area (Å²) in [6.07, 6.45) is 1.17. The molecule has 1 fully saturated rings. The number of pyridine rings is 1. The molecule has 0 aliphatic carbocycles. The van der Waals surface area contributed by atoms with Crippen LogP contribution in [0.5, 0.6) is 0 Å². The average Bonchev–Trinajstić information content (AvgIpc) is 2.62. The van der Waals surface area contributed by atoms with E-state index in [1.165, 1.54) is 23.9 Å². The van der Waals surface area contributed by atoms with E-state index in [1.807, 2.05) is 0 Å². The number of halogens is 2. The normalized spacial score (nSPS) is 18.4. The summed E-state index contributed by atoms with van der Waals surface area (Å²) in [5.74, 6) is -3.46. The minimum absolute atomic E-state index is 0.0100. The van der Waals surface area contributed by atoms with E-state index in [4.69, 9.17) is 0 Å². The lowest BCUT2D eigenvalue weighted by Gasteiger charge is -2.15.